The second-order valence-electron chi connectivity index (χ2n) is 3.04. The van der Waals surface area contributed by atoms with Gasteiger partial charge in [0, 0.05) is 22.6 Å². The number of carboxylic acids is 1. The molecule has 1 aromatic carbocycles. The van der Waals surface area contributed by atoms with E-state index in [-0.39, 0.29) is 11.3 Å². The maximum absolute atomic E-state index is 11.4. The summed E-state index contributed by atoms with van der Waals surface area (Å²) in [5.74, 6) is -0.100. The molecular formula is C10H8O3S. The van der Waals surface area contributed by atoms with Gasteiger partial charge in [-0.15, -0.1) is 11.8 Å². The molecule has 0 aliphatic carbocycles. The van der Waals surface area contributed by atoms with Crippen LogP contribution >= 0.6 is 11.8 Å². The monoisotopic (exact) mass is 208 g/mol. The number of ketones is 1. The first-order valence-electron chi connectivity index (χ1n) is 4.22. The molecule has 72 valence electrons. The summed E-state index contributed by atoms with van der Waals surface area (Å²) in [6.07, 6.45) is 0.546. The lowest BCUT2D eigenvalue weighted by molar-refractivity contribution is 0.0696. The molecule has 0 fully saturated rings. The van der Waals surface area contributed by atoms with Crippen LogP contribution in [0.15, 0.2) is 23.1 Å². The molecule has 3 nitrogen and oxygen atoms in total. The van der Waals surface area contributed by atoms with Crippen molar-refractivity contribution in [2.45, 2.75) is 11.3 Å². The quantitative estimate of drug-likeness (QED) is 0.767. The van der Waals surface area contributed by atoms with E-state index >= 15 is 0 Å². The van der Waals surface area contributed by atoms with E-state index in [2.05, 4.69) is 0 Å². The summed E-state index contributed by atoms with van der Waals surface area (Å²) >= 11 is 1.54. The van der Waals surface area contributed by atoms with Crippen molar-refractivity contribution in [1.29, 1.82) is 0 Å². The van der Waals surface area contributed by atoms with Gasteiger partial charge in [-0.3, -0.25) is 4.79 Å². The Bertz CT molecular complexity index is 412. The Kier molecular flexibility index (Phi) is 2.29. The van der Waals surface area contributed by atoms with Gasteiger partial charge in [0.2, 0.25) is 0 Å². The second-order valence-corrected chi connectivity index (χ2v) is 4.17. The average Bonchev–Trinajstić information content (AvgIpc) is 2.17. The Morgan fingerprint density at radius 1 is 1.43 bits per heavy atom. The van der Waals surface area contributed by atoms with Crippen LogP contribution in [0.1, 0.15) is 27.1 Å². The number of benzene rings is 1. The Morgan fingerprint density at radius 2 is 2.21 bits per heavy atom. The Morgan fingerprint density at radius 3 is 2.93 bits per heavy atom. The molecule has 1 aromatic rings. The number of carbonyl (C=O) groups excluding carboxylic acids is 1. The highest BCUT2D eigenvalue weighted by atomic mass is 32.2. The molecule has 1 aliphatic rings. The summed E-state index contributed by atoms with van der Waals surface area (Å²) in [6.45, 7) is 0. The number of Topliss-reactive ketones (excluding diaryl/α,β-unsaturated/α-hetero) is 1. The molecule has 0 atom stereocenters. The molecule has 4 heteroatoms. The van der Waals surface area contributed by atoms with Crippen molar-refractivity contribution in [2.24, 2.45) is 0 Å². The van der Waals surface area contributed by atoms with Crippen LogP contribution in [0.25, 0.3) is 0 Å². The minimum absolute atomic E-state index is 0.107. The number of fused-ring (bicyclic) bond motifs is 1. The van der Waals surface area contributed by atoms with Crippen molar-refractivity contribution >= 4 is 23.5 Å². The summed E-state index contributed by atoms with van der Waals surface area (Å²) < 4.78 is 0. The van der Waals surface area contributed by atoms with E-state index in [1.165, 1.54) is 17.8 Å². The molecule has 0 unspecified atom stereocenters. The summed E-state index contributed by atoms with van der Waals surface area (Å²) in [5.41, 5.74) is 0.900. The van der Waals surface area contributed by atoms with Gasteiger partial charge >= 0.3 is 5.97 Å². The summed E-state index contributed by atoms with van der Waals surface area (Å²) in [5, 5.41) is 8.76. The van der Waals surface area contributed by atoms with E-state index in [0.29, 0.717) is 12.0 Å². The molecule has 0 bridgehead atoms. The first-order chi connectivity index (χ1) is 6.68. The van der Waals surface area contributed by atoms with Gasteiger partial charge in [0.1, 0.15) is 0 Å². The number of carbonyl (C=O) groups is 2. The zero-order valence-electron chi connectivity index (χ0n) is 7.32. The molecule has 1 heterocycles. The first-order valence-corrected chi connectivity index (χ1v) is 5.20. The van der Waals surface area contributed by atoms with Gasteiger partial charge in [0.15, 0.2) is 5.78 Å². The molecule has 0 saturated carbocycles. The molecule has 0 spiro atoms. The van der Waals surface area contributed by atoms with Gasteiger partial charge in [-0.05, 0) is 18.2 Å². The van der Waals surface area contributed by atoms with Crippen LogP contribution in [0.4, 0.5) is 0 Å². The van der Waals surface area contributed by atoms with Crippen LogP contribution in [0.2, 0.25) is 0 Å². The van der Waals surface area contributed by atoms with Gasteiger partial charge in [0.25, 0.3) is 0 Å². The molecule has 0 aromatic heterocycles. The van der Waals surface area contributed by atoms with Gasteiger partial charge in [-0.2, -0.15) is 0 Å². The number of hydrogen-bond donors (Lipinski definition) is 1. The van der Waals surface area contributed by atoms with E-state index in [9.17, 15) is 9.59 Å². The summed E-state index contributed by atoms with van der Waals surface area (Å²) in [4.78, 5) is 22.9. The molecule has 1 N–H and O–H groups in total. The van der Waals surface area contributed by atoms with E-state index in [4.69, 9.17) is 5.11 Å². The van der Waals surface area contributed by atoms with Crippen LogP contribution in [0, 0.1) is 0 Å². The minimum Gasteiger partial charge on any atom is -0.478 e. The largest absolute Gasteiger partial charge is 0.478 e. The molecule has 0 radical (unpaired) electrons. The molecule has 14 heavy (non-hydrogen) atoms. The van der Waals surface area contributed by atoms with Crippen molar-refractivity contribution in [3.05, 3.63) is 29.3 Å². The fraction of sp³-hybridized carbons (Fsp3) is 0.200. The Hall–Kier alpha value is -1.29. The SMILES string of the molecule is O=C(O)c1ccc2c(c1)SCCC2=O. The first kappa shape index (κ1) is 9.27. The standard InChI is InChI=1S/C10H8O3S/c11-8-3-4-14-9-5-6(10(12)13)1-2-7(8)9/h1-2,5H,3-4H2,(H,12,13). The number of rotatable bonds is 1. The smallest absolute Gasteiger partial charge is 0.335 e. The van der Waals surface area contributed by atoms with E-state index < -0.39 is 5.97 Å². The van der Waals surface area contributed by atoms with Crippen LogP contribution in [0.5, 0.6) is 0 Å². The highest BCUT2D eigenvalue weighted by Crippen LogP contribution is 2.30. The summed E-state index contributed by atoms with van der Waals surface area (Å²) in [6, 6.07) is 4.65. The van der Waals surface area contributed by atoms with E-state index in [1.807, 2.05) is 0 Å². The zero-order valence-corrected chi connectivity index (χ0v) is 8.13. The maximum Gasteiger partial charge on any atom is 0.335 e. The summed E-state index contributed by atoms with van der Waals surface area (Å²) in [7, 11) is 0. The zero-order chi connectivity index (χ0) is 10.1. The second kappa shape index (κ2) is 3.46. The number of aromatic carboxylic acids is 1. The Labute approximate surface area is 85.1 Å². The van der Waals surface area contributed by atoms with Crippen LogP contribution < -0.4 is 0 Å². The number of thioether (sulfide) groups is 1. The number of carboxylic acid groups (broad SMARTS) is 1. The van der Waals surface area contributed by atoms with Crippen molar-refractivity contribution in [1.82, 2.24) is 0 Å². The van der Waals surface area contributed by atoms with Gasteiger partial charge in [0.05, 0.1) is 5.56 Å². The fourth-order valence-electron chi connectivity index (χ4n) is 1.39. The van der Waals surface area contributed by atoms with Crippen molar-refractivity contribution in [3.63, 3.8) is 0 Å². The fourth-order valence-corrected chi connectivity index (χ4v) is 2.45. The number of hydrogen-bond acceptors (Lipinski definition) is 3. The minimum atomic E-state index is -0.952. The third kappa shape index (κ3) is 1.53. The van der Waals surface area contributed by atoms with E-state index in [0.717, 1.165) is 10.6 Å². The normalized spacial score (nSPS) is 15.0. The lowest BCUT2D eigenvalue weighted by Crippen LogP contribution is -2.09. The van der Waals surface area contributed by atoms with Crippen molar-refractivity contribution in [3.8, 4) is 0 Å². The van der Waals surface area contributed by atoms with E-state index in [1.54, 1.807) is 12.1 Å². The molecule has 2 rings (SSSR count). The molecule has 1 aliphatic heterocycles. The van der Waals surface area contributed by atoms with Gasteiger partial charge in [-0.1, -0.05) is 0 Å². The molecule has 0 saturated heterocycles. The van der Waals surface area contributed by atoms with Crippen LogP contribution in [-0.4, -0.2) is 22.6 Å². The third-order valence-electron chi connectivity index (χ3n) is 2.12. The van der Waals surface area contributed by atoms with Crippen molar-refractivity contribution < 1.29 is 14.7 Å². The van der Waals surface area contributed by atoms with Crippen LogP contribution in [-0.2, 0) is 0 Å². The predicted molar refractivity (Wildman–Crippen MR) is 53.1 cm³/mol. The van der Waals surface area contributed by atoms with Crippen molar-refractivity contribution in [2.75, 3.05) is 5.75 Å². The molecule has 0 amide bonds. The third-order valence-corrected chi connectivity index (χ3v) is 3.17. The maximum atomic E-state index is 11.4. The van der Waals surface area contributed by atoms with Gasteiger partial charge in [-0.25, -0.2) is 4.79 Å². The lowest BCUT2D eigenvalue weighted by atomic mass is 10.1. The lowest BCUT2D eigenvalue weighted by Gasteiger charge is -2.13. The van der Waals surface area contributed by atoms with Gasteiger partial charge < -0.3 is 5.11 Å². The highest BCUT2D eigenvalue weighted by Gasteiger charge is 2.18. The topological polar surface area (TPSA) is 54.4 Å². The predicted octanol–water partition coefficient (Wildman–Crippen LogP) is 2.06. The highest BCUT2D eigenvalue weighted by molar-refractivity contribution is 7.99. The Balaban J connectivity index is 2.49. The van der Waals surface area contributed by atoms with Crippen LogP contribution in [0.3, 0.4) is 0 Å². The molecular weight excluding hydrogens is 200 g/mol. The average molecular weight is 208 g/mol.